The number of carboxylic acid groups (broad SMARTS) is 2. The summed E-state index contributed by atoms with van der Waals surface area (Å²) in [5.41, 5.74) is 3.40. The molecule has 0 aliphatic heterocycles. The summed E-state index contributed by atoms with van der Waals surface area (Å²) < 4.78 is 12.4. The van der Waals surface area contributed by atoms with Crippen LogP contribution in [0, 0.1) is 63.1 Å². The first-order chi connectivity index (χ1) is 26.9. The van der Waals surface area contributed by atoms with Gasteiger partial charge in [0.15, 0.2) is 0 Å². The predicted molar refractivity (Wildman–Crippen MR) is 244 cm³/mol. The molecule has 0 aromatic heterocycles. The fourth-order valence-electron chi connectivity index (χ4n) is 11.4. The summed E-state index contributed by atoms with van der Waals surface area (Å²) in [6.45, 7) is 26.2. The molecule has 4 aliphatic rings. The number of carbonyl (C=O) groups excluding carboxylic acids is 2. The summed E-state index contributed by atoms with van der Waals surface area (Å²) >= 11 is 0. The van der Waals surface area contributed by atoms with Crippen molar-refractivity contribution in [3.05, 3.63) is 11.1 Å². The van der Waals surface area contributed by atoms with Crippen molar-refractivity contribution < 1.29 is 38.9 Å². The van der Waals surface area contributed by atoms with Gasteiger partial charge in [0, 0.05) is 28.4 Å². The first kappa shape index (κ1) is 49.7. The number of esters is 2. The van der Waals surface area contributed by atoms with E-state index in [1.807, 2.05) is 27.7 Å². The number of ether oxygens (including phenoxy) is 2. The molecule has 8 nitrogen and oxygen atoms in total. The topological polar surface area (TPSA) is 127 Å². The number of aliphatic carboxylic acids is 2. The van der Waals surface area contributed by atoms with Gasteiger partial charge in [-0.05, 0) is 112 Å². The van der Waals surface area contributed by atoms with Crippen molar-refractivity contribution in [2.45, 2.75) is 165 Å². The third kappa shape index (κ3) is 11.0. The summed E-state index contributed by atoms with van der Waals surface area (Å²) in [7, 11) is 6.13. The lowest BCUT2D eigenvalue weighted by atomic mass is 9.43. The molecule has 2 N–H and O–H groups in total. The maximum atomic E-state index is 13.4. The zero-order valence-corrected chi connectivity index (χ0v) is 41.0. The van der Waals surface area contributed by atoms with Gasteiger partial charge in [-0.3, -0.25) is 19.2 Å². The summed E-state index contributed by atoms with van der Waals surface area (Å²) in [6, 6.07) is 0. The smallest absolute Gasteiger partial charge is 0.310 e. The van der Waals surface area contributed by atoms with Crippen LogP contribution in [-0.4, -0.2) is 68.8 Å². The lowest BCUT2D eigenvalue weighted by molar-refractivity contribution is -0.173. The minimum atomic E-state index is -0.794. The second-order valence-corrected chi connectivity index (χ2v) is 25.7. The zero-order valence-electron chi connectivity index (χ0n) is 37.7. The van der Waals surface area contributed by atoms with Crippen molar-refractivity contribution in [1.82, 2.24) is 0 Å². The molecule has 0 amide bonds. The fraction of sp³-hybridized carbons (Fsp3) is 0.870. The highest BCUT2D eigenvalue weighted by molar-refractivity contribution is 8.77. The highest BCUT2D eigenvalue weighted by atomic mass is 33.1. The van der Waals surface area contributed by atoms with Crippen LogP contribution in [0.15, 0.2) is 11.1 Å². The molecule has 0 aromatic carbocycles. The van der Waals surface area contributed by atoms with Crippen LogP contribution < -0.4 is 0 Å². The molecular formula is C46H76O8S4. The minimum absolute atomic E-state index is 0.102. The van der Waals surface area contributed by atoms with Gasteiger partial charge in [-0.1, -0.05) is 130 Å². The normalized spacial score (nSPS) is 31.8. The van der Waals surface area contributed by atoms with Crippen molar-refractivity contribution in [1.29, 1.82) is 0 Å². The van der Waals surface area contributed by atoms with E-state index in [-0.39, 0.29) is 51.5 Å². The summed E-state index contributed by atoms with van der Waals surface area (Å²) in [4.78, 5) is 48.6. The van der Waals surface area contributed by atoms with Crippen LogP contribution in [0.25, 0.3) is 0 Å². The molecule has 11 atom stereocenters. The minimum Gasteiger partial charge on any atom is -0.481 e. The van der Waals surface area contributed by atoms with E-state index >= 15 is 0 Å². The molecule has 2 fully saturated rings. The average Bonchev–Trinajstić information content (AvgIpc) is 3.42. The first-order valence-electron chi connectivity index (χ1n) is 22.0. The van der Waals surface area contributed by atoms with E-state index in [9.17, 15) is 19.2 Å². The summed E-state index contributed by atoms with van der Waals surface area (Å²) in [5.74, 6) is 0.775. The van der Waals surface area contributed by atoms with Crippen molar-refractivity contribution in [2.75, 3.05) is 23.0 Å². The van der Waals surface area contributed by atoms with Gasteiger partial charge in [0.25, 0.3) is 0 Å². The van der Waals surface area contributed by atoms with Crippen molar-refractivity contribution in [3.8, 4) is 0 Å². The Hall–Kier alpha value is -0.980. The molecule has 0 spiro atoms. The van der Waals surface area contributed by atoms with E-state index in [2.05, 4.69) is 41.5 Å². The van der Waals surface area contributed by atoms with E-state index in [0.29, 0.717) is 40.8 Å². The molecule has 58 heavy (non-hydrogen) atoms. The Balaban J connectivity index is 1.32. The molecule has 0 radical (unpaired) electrons. The average molecular weight is 885 g/mol. The molecule has 0 bridgehead atoms. The highest BCUT2D eigenvalue weighted by Crippen LogP contribution is 2.72. The molecule has 0 heterocycles. The van der Waals surface area contributed by atoms with Crippen LogP contribution in [0.4, 0.5) is 0 Å². The number of carbonyl (C=O) groups is 4. The van der Waals surface area contributed by atoms with E-state index in [4.69, 9.17) is 19.7 Å². The molecule has 0 saturated heterocycles. The Morgan fingerprint density at radius 2 is 1.24 bits per heavy atom. The first-order valence-corrected chi connectivity index (χ1v) is 27.0. The molecule has 4 aliphatic carbocycles. The highest BCUT2D eigenvalue weighted by Gasteiger charge is 2.63. The van der Waals surface area contributed by atoms with Gasteiger partial charge >= 0.3 is 23.9 Å². The van der Waals surface area contributed by atoms with Crippen molar-refractivity contribution in [3.63, 3.8) is 0 Å². The van der Waals surface area contributed by atoms with Crippen LogP contribution >= 0.6 is 43.2 Å². The largest absolute Gasteiger partial charge is 0.481 e. The lowest BCUT2D eigenvalue weighted by Crippen LogP contribution is -2.56. The third-order valence-electron chi connectivity index (χ3n) is 15.6. The maximum absolute atomic E-state index is 13.4. The second-order valence-electron chi connectivity index (χ2n) is 20.6. The maximum Gasteiger partial charge on any atom is 0.310 e. The van der Waals surface area contributed by atoms with Crippen LogP contribution in [0.3, 0.4) is 0 Å². The number of carboxylic acids is 2. The van der Waals surface area contributed by atoms with Gasteiger partial charge < -0.3 is 19.7 Å². The van der Waals surface area contributed by atoms with Crippen molar-refractivity contribution in [2.24, 2.45) is 63.1 Å². The molecule has 332 valence electrons. The third-order valence-corrected chi connectivity index (χ3v) is 21.1. The van der Waals surface area contributed by atoms with Gasteiger partial charge in [0.1, 0.15) is 11.7 Å². The van der Waals surface area contributed by atoms with E-state index in [1.165, 1.54) is 47.3 Å². The Morgan fingerprint density at radius 3 is 1.79 bits per heavy atom. The number of allylic oxidation sites excluding steroid dienone is 2. The van der Waals surface area contributed by atoms with Gasteiger partial charge in [-0.15, -0.1) is 0 Å². The van der Waals surface area contributed by atoms with E-state index in [1.54, 1.807) is 46.6 Å². The lowest BCUT2D eigenvalue weighted by Gasteiger charge is -2.62. The fourth-order valence-corrected chi connectivity index (χ4v) is 16.8. The number of fused-ring (bicyclic) bond motifs is 4. The van der Waals surface area contributed by atoms with Crippen LogP contribution in [-0.2, 0) is 28.7 Å². The van der Waals surface area contributed by atoms with E-state index < -0.39 is 29.4 Å². The number of hydrogen-bond acceptors (Lipinski definition) is 10. The Morgan fingerprint density at radius 1 is 0.707 bits per heavy atom. The van der Waals surface area contributed by atoms with Crippen molar-refractivity contribution >= 4 is 67.1 Å². The monoisotopic (exact) mass is 884 g/mol. The molecular weight excluding hydrogens is 809 g/mol. The Kier molecular flexibility index (Phi) is 17.2. The number of hydrogen-bond donors (Lipinski definition) is 2. The zero-order chi connectivity index (χ0) is 43.4. The summed E-state index contributed by atoms with van der Waals surface area (Å²) in [5, 5.41) is 18.3. The molecule has 5 unspecified atom stereocenters. The molecule has 2 saturated carbocycles. The second kappa shape index (κ2) is 20.0. The van der Waals surface area contributed by atoms with Gasteiger partial charge in [-0.25, -0.2) is 0 Å². The Labute approximate surface area is 366 Å². The predicted octanol–water partition coefficient (Wildman–Crippen LogP) is 12.3. The van der Waals surface area contributed by atoms with Gasteiger partial charge in [0.2, 0.25) is 0 Å². The number of rotatable bonds is 21. The van der Waals surface area contributed by atoms with Crippen LogP contribution in [0.5, 0.6) is 0 Å². The Bertz CT molecular complexity index is 1510. The van der Waals surface area contributed by atoms with E-state index in [0.717, 1.165) is 44.9 Å². The standard InChI is InChI=1S/C46H76O8S4/c1-28(14-13-20-42(6,7)54-41(52)32(5)27-58-56-25-30(3)39(49)50)33-17-22-46(12)35-15-16-36-43(8,9)37(19-21-44(36,10)34(35)18-23-45(33,46)11)53-40(51)31(4)26-57-55-24-29(2)38(47)48/h28-33,36-37H,13-27H2,1-12H3,(H,47,48)(H,49,50)/t28-,29?,30?,31?,32?,33-,36+,37?,44-,45-,46+/m1/s1. The molecule has 12 heteroatoms. The van der Waals surface area contributed by atoms with Gasteiger partial charge in [-0.2, -0.15) is 0 Å². The molecule has 4 rings (SSSR count). The van der Waals surface area contributed by atoms with Crippen LogP contribution in [0.1, 0.15) is 154 Å². The van der Waals surface area contributed by atoms with Crippen LogP contribution in [0.2, 0.25) is 0 Å². The summed E-state index contributed by atoms with van der Waals surface area (Å²) in [6.07, 6.45) is 12.0. The quantitative estimate of drug-likeness (QED) is 0.0493. The molecule has 0 aromatic rings. The van der Waals surface area contributed by atoms with Gasteiger partial charge in [0.05, 0.1) is 23.7 Å². The SMILES string of the molecule is CC(CSSCC(C)C(=O)OC1CC[C@]2(C)C3=C(CC[C@H]2C1(C)C)[C@]1(C)CC[C@H]([C@H](C)CCCC(C)(C)OC(=O)C(C)CSSCC(C)C(=O)O)[C@@]1(C)CC3)C(=O)O.